The van der Waals surface area contributed by atoms with Crippen molar-refractivity contribution >= 4 is 19.7 Å². The second-order valence-corrected chi connectivity index (χ2v) is 5.99. The monoisotopic (exact) mass is 301 g/mol. The number of nitro groups is 1. The highest BCUT2D eigenvalue weighted by molar-refractivity contribution is 8.16. The molecule has 102 valence electrons. The maximum atomic E-state index is 10.9. The van der Waals surface area contributed by atoms with Crippen LogP contribution in [0.3, 0.4) is 0 Å². The van der Waals surface area contributed by atoms with Gasteiger partial charge in [-0.25, -0.2) is 8.42 Å². The fraction of sp³-hybridized carbons (Fsp3) is 0. The van der Waals surface area contributed by atoms with Gasteiger partial charge in [0.1, 0.15) is 0 Å². The minimum absolute atomic E-state index is 0.290. The van der Waals surface area contributed by atoms with Gasteiger partial charge in [0.15, 0.2) is 0 Å². The number of nitrogens with zero attached hydrogens (tertiary/aromatic N) is 1. The average molecular weight is 302 g/mol. The van der Waals surface area contributed by atoms with Gasteiger partial charge in [-0.3, -0.25) is 10.1 Å². The first-order valence-electron chi connectivity index (χ1n) is 4.77. The van der Waals surface area contributed by atoms with Crippen LogP contribution in [-0.2, 0) is 9.05 Å². The third-order valence-corrected chi connectivity index (χ3v) is 3.26. The third-order valence-electron chi connectivity index (χ3n) is 1.91. The summed E-state index contributed by atoms with van der Waals surface area (Å²) in [6.45, 7) is 13.7. The quantitative estimate of drug-likeness (QED) is 0.313. The molecule has 0 aliphatic rings. The van der Waals surface area contributed by atoms with Crippen molar-refractivity contribution < 1.29 is 13.3 Å². The minimum atomic E-state index is -3.86. The largest absolute Gasteiger partial charge is 0.262 e. The number of rotatable bonds is 7. The zero-order valence-electron chi connectivity index (χ0n) is 10.0. The zero-order valence-corrected chi connectivity index (χ0v) is 11.6. The van der Waals surface area contributed by atoms with Crippen LogP contribution in [0, 0.1) is 10.1 Å². The van der Waals surface area contributed by atoms with E-state index in [9.17, 15) is 18.5 Å². The lowest BCUT2D eigenvalue weighted by Crippen LogP contribution is -1.93. The standard InChI is InChI=1S/C12H12ClNO4S/c1-9(5-7-11(3)14(15)16)10(2)6-8-12(4)19(13,17)18/h5-8H,1-4H2/b7-5-,8-6-. The van der Waals surface area contributed by atoms with Crippen LogP contribution in [0.4, 0.5) is 0 Å². The first-order valence-corrected chi connectivity index (χ1v) is 7.08. The Kier molecular flexibility index (Phi) is 6.17. The Morgan fingerprint density at radius 2 is 1.42 bits per heavy atom. The van der Waals surface area contributed by atoms with Gasteiger partial charge in [-0.15, -0.1) is 0 Å². The van der Waals surface area contributed by atoms with Crippen molar-refractivity contribution in [3.8, 4) is 0 Å². The van der Waals surface area contributed by atoms with Crippen molar-refractivity contribution in [2.75, 3.05) is 0 Å². The van der Waals surface area contributed by atoms with Gasteiger partial charge in [-0.1, -0.05) is 25.8 Å². The summed E-state index contributed by atoms with van der Waals surface area (Å²) in [7, 11) is 1.19. The fourth-order valence-corrected chi connectivity index (χ4v) is 1.13. The van der Waals surface area contributed by atoms with E-state index in [4.69, 9.17) is 10.7 Å². The lowest BCUT2D eigenvalue weighted by Gasteiger charge is -1.99. The molecule has 0 unspecified atom stereocenters. The van der Waals surface area contributed by atoms with E-state index in [1.165, 1.54) is 12.2 Å². The molecule has 5 nitrogen and oxygen atoms in total. The Labute approximate surface area is 116 Å². The Morgan fingerprint density at radius 1 is 1.00 bits per heavy atom. The molecule has 0 heterocycles. The molecule has 0 bridgehead atoms. The molecule has 0 radical (unpaired) electrons. The molecule has 0 saturated carbocycles. The smallest absolute Gasteiger partial charge is 0.258 e. The summed E-state index contributed by atoms with van der Waals surface area (Å²) >= 11 is 0. The third kappa shape index (κ3) is 6.54. The molecule has 0 saturated heterocycles. The van der Waals surface area contributed by atoms with Gasteiger partial charge < -0.3 is 0 Å². The predicted octanol–water partition coefficient (Wildman–Crippen LogP) is 3.08. The van der Waals surface area contributed by atoms with Crippen LogP contribution in [-0.4, -0.2) is 13.3 Å². The minimum Gasteiger partial charge on any atom is -0.258 e. The molecule has 0 aromatic carbocycles. The van der Waals surface area contributed by atoms with Crippen LogP contribution >= 0.6 is 10.7 Å². The maximum Gasteiger partial charge on any atom is 0.262 e. The van der Waals surface area contributed by atoms with Crippen molar-refractivity contribution in [3.63, 3.8) is 0 Å². The fourth-order valence-electron chi connectivity index (χ4n) is 0.747. The molecular weight excluding hydrogens is 290 g/mol. The molecule has 0 aromatic rings. The zero-order chi connectivity index (χ0) is 15.2. The molecule has 0 rings (SSSR count). The van der Waals surface area contributed by atoms with Crippen LogP contribution in [0.5, 0.6) is 0 Å². The van der Waals surface area contributed by atoms with Gasteiger partial charge in [0.2, 0.25) is 0 Å². The molecule has 0 atom stereocenters. The lowest BCUT2D eigenvalue weighted by molar-refractivity contribution is -0.418. The van der Waals surface area contributed by atoms with Gasteiger partial charge >= 0.3 is 0 Å². The van der Waals surface area contributed by atoms with E-state index < -0.39 is 14.0 Å². The Hall–Kier alpha value is -1.92. The highest BCUT2D eigenvalue weighted by Crippen LogP contribution is 2.15. The van der Waals surface area contributed by atoms with Gasteiger partial charge in [0.05, 0.1) is 9.83 Å². The molecule has 19 heavy (non-hydrogen) atoms. The summed E-state index contributed by atoms with van der Waals surface area (Å²) in [5, 5.41) is 10.3. The van der Waals surface area contributed by atoms with E-state index in [0.29, 0.717) is 11.1 Å². The molecule has 0 amide bonds. The van der Waals surface area contributed by atoms with E-state index in [1.807, 2.05) is 0 Å². The van der Waals surface area contributed by atoms with Crippen LogP contribution in [0.25, 0.3) is 0 Å². The van der Waals surface area contributed by atoms with Crippen LogP contribution < -0.4 is 0 Å². The maximum absolute atomic E-state index is 10.9. The average Bonchev–Trinajstić information content (AvgIpc) is 2.30. The van der Waals surface area contributed by atoms with Crippen molar-refractivity contribution in [3.05, 3.63) is 82.5 Å². The Bertz CT molecular complexity index is 612. The van der Waals surface area contributed by atoms with Crippen molar-refractivity contribution in [2.45, 2.75) is 0 Å². The summed E-state index contributed by atoms with van der Waals surface area (Å²) in [6, 6.07) is 0. The van der Waals surface area contributed by atoms with E-state index in [1.54, 1.807) is 0 Å². The highest BCUT2D eigenvalue weighted by atomic mass is 35.7. The molecule has 0 spiro atoms. The van der Waals surface area contributed by atoms with E-state index >= 15 is 0 Å². The topological polar surface area (TPSA) is 77.3 Å². The molecule has 0 N–H and O–H groups in total. The van der Waals surface area contributed by atoms with Crippen LogP contribution in [0.1, 0.15) is 0 Å². The first-order chi connectivity index (χ1) is 8.55. The van der Waals surface area contributed by atoms with E-state index in [0.717, 1.165) is 12.2 Å². The summed E-state index contributed by atoms with van der Waals surface area (Å²) in [6.07, 6.45) is 5.00. The SMILES string of the molecule is C=C(/C=C\C(=C)[N+](=O)[O-])C(=C)/C=C\C(=C)S(=O)(=O)Cl. The molecule has 0 aliphatic heterocycles. The van der Waals surface area contributed by atoms with E-state index in [-0.39, 0.29) is 10.6 Å². The number of allylic oxidation sites excluding steroid dienone is 6. The normalized spacial score (nSPS) is 11.6. The lowest BCUT2D eigenvalue weighted by atomic mass is 10.1. The van der Waals surface area contributed by atoms with Gasteiger partial charge in [-0.2, -0.15) is 0 Å². The summed E-state index contributed by atoms with van der Waals surface area (Å²) in [5.41, 5.74) is 0.415. The molecule has 7 heteroatoms. The van der Waals surface area contributed by atoms with Gasteiger partial charge in [0.25, 0.3) is 14.7 Å². The highest BCUT2D eigenvalue weighted by Gasteiger charge is 2.07. The van der Waals surface area contributed by atoms with Crippen LogP contribution in [0.2, 0.25) is 0 Å². The molecule has 0 fully saturated rings. The molecule has 0 aliphatic carbocycles. The van der Waals surface area contributed by atoms with Crippen molar-refractivity contribution in [1.82, 2.24) is 0 Å². The number of halogens is 1. The molecular formula is C12H12ClNO4S. The summed E-state index contributed by atoms with van der Waals surface area (Å²) in [4.78, 5) is 9.36. The number of hydrogen-bond acceptors (Lipinski definition) is 4. The van der Waals surface area contributed by atoms with Crippen molar-refractivity contribution in [2.24, 2.45) is 0 Å². The number of hydrogen-bond donors (Lipinski definition) is 0. The summed E-state index contributed by atoms with van der Waals surface area (Å²) < 4.78 is 21.7. The second kappa shape index (κ2) is 6.86. The Balaban J connectivity index is 4.75. The summed E-state index contributed by atoms with van der Waals surface area (Å²) in [5.74, 6) is 0. The molecule has 0 aromatic heterocycles. The Morgan fingerprint density at radius 3 is 1.79 bits per heavy atom. The van der Waals surface area contributed by atoms with Crippen molar-refractivity contribution in [1.29, 1.82) is 0 Å². The van der Waals surface area contributed by atoms with Crippen LogP contribution in [0.15, 0.2) is 72.4 Å². The second-order valence-electron chi connectivity index (χ2n) is 3.37. The van der Waals surface area contributed by atoms with Gasteiger partial charge in [-0.05, 0) is 29.9 Å². The van der Waals surface area contributed by atoms with E-state index in [2.05, 4.69) is 26.3 Å². The van der Waals surface area contributed by atoms with Gasteiger partial charge in [0, 0.05) is 16.8 Å². The first kappa shape index (κ1) is 17.1. The predicted molar refractivity (Wildman–Crippen MR) is 76.6 cm³/mol.